The van der Waals surface area contributed by atoms with E-state index in [9.17, 15) is 4.79 Å². The lowest BCUT2D eigenvalue weighted by Gasteiger charge is -2.21. The van der Waals surface area contributed by atoms with Crippen LogP contribution in [0.3, 0.4) is 0 Å². The summed E-state index contributed by atoms with van der Waals surface area (Å²) in [5.74, 6) is -0.0239. The first-order valence-corrected chi connectivity index (χ1v) is 8.07. The number of amides is 1. The van der Waals surface area contributed by atoms with Crippen molar-refractivity contribution in [2.75, 3.05) is 13.2 Å². The Labute approximate surface area is 120 Å². The van der Waals surface area contributed by atoms with Crippen molar-refractivity contribution in [3.63, 3.8) is 0 Å². The SMILES string of the molecule is O=C(NCCOC1CCCCC1)c1csc(Br)c1. The lowest BCUT2D eigenvalue weighted by Crippen LogP contribution is -2.29. The number of hydrogen-bond donors (Lipinski definition) is 1. The summed E-state index contributed by atoms with van der Waals surface area (Å²) in [5, 5.41) is 4.72. The number of thiophene rings is 1. The average Bonchev–Trinajstić information content (AvgIpc) is 2.82. The van der Waals surface area contributed by atoms with E-state index >= 15 is 0 Å². The summed E-state index contributed by atoms with van der Waals surface area (Å²) in [7, 11) is 0. The number of rotatable bonds is 5. The van der Waals surface area contributed by atoms with Gasteiger partial charge in [0.1, 0.15) is 0 Å². The minimum absolute atomic E-state index is 0.0239. The Morgan fingerprint density at radius 3 is 2.89 bits per heavy atom. The van der Waals surface area contributed by atoms with Gasteiger partial charge in [-0.3, -0.25) is 4.79 Å². The lowest BCUT2D eigenvalue weighted by molar-refractivity contribution is 0.0299. The molecule has 0 aliphatic heterocycles. The molecule has 1 aromatic rings. The van der Waals surface area contributed by atoms with Gasteiger partial charge in [-0.05, 0) is 34.8 Å². The second-order valence-electron chi connectivity index (χ2n) is 4.53. The maximum absolute atomic E-state index is 11.7. The summed E-state index contributed by atoms with van der Waals surface area (Å²) in [6, 6.07) is 1.84. The minimum Gasteiger partial charge on any atom is -0.376 e. The van der Waals surface area contributed by atoms with Gasteiger partial charge in [-0.25, -0.2) is 0 Å². The Kier molecular flexibility index (Phi) is 5.66. The Morgan fingerprint density at radius 2 is 2.22 bits per heavy atom. The first-order chi connectivity index (χ1) is 8.75. The summed E-state index contributed by atoms with van der Waals surface area (Å²) in [6.07, 6.45) is 6.64. The molecule has 1 aliphatic rings. The van der Waals surface area contributed by atoms with Gasteiger partial charge in [-0.15, -0.1) is 11.3 Å². The molecular formula is C13H18BrNO2S. The normalized spacial score (nSPS) is 16.7. The lowest BCUT2D eigenvalue weighted by atomic mass is 9.98. The van der Waals surface area contributed by atoms with Crippen molar-refractivity contribution in [2.45, 2.75) is 38.2 Å². The van der Waals surface area contributed by atoms with Gasteiger partial charge in [0.05, 0.1) is 22.1 Å². The molecule has 1 saturated carbocycles. The van der Waals surface area contributed by atoms with E-state index in [1.54, 1.807) is 0 Å². The standard InChI is InChI=1S/C13H18BrNO2S/c14-12-8-10(9-18-12)13(16)15-6-7-17-11-4-2-1-3-5-11/h8-9,11H,1-7H2,(H,15,16). The largest absolute Gasteiger partial charge is 0.376 e. The molecule has 0 radical (unpaired) electrons. The summed E-state index contributed by atoms with van der Waals surface area (Å²) in [5.41, 5.74) is 0.713. The van der Waals surface area contributed by atoms with Crippen molar-refractivity contribution in [2.24, 2.45) is 0 Å². The predicted molar refractivity (Wildman–Crippen MR) is 77.2 cm³/mol. The van der Waals surface area contributed by atoms with Crippen LogP contribution in [-0.2, 0) is 4.74 Å². The summed E-state index contributed by atoms with van der Waals surface area (Å²) in [6.45, 7) is 1.20. The highest BCUT2D eigenvalue weighted by Gasteiger charge is 2.13. The number of carbonyl (C=O) groups excluding carboxylic acids is 1. The second-order valence-corrected chi connectivity index (χ2v) is 6.82. The van der Waals surface area contributed by atoms with Crippen LogP contribution in [0.15, 0.2) is 15.2 Å². The predicted octanol–water partition coefficient (Wildman–Crippen LogP) is 3.59. The summed E-state index contributed by atoms with van der Waals surface area (Å²) in [4.78, 5) is 11.7. The van der Waals surface area contributed by atoms with Crippen LogP contribution in [0.5, 0.6) is 0 Å². The molecule has 5 heteroatoms. The fraction of sp³-hybridized carbons (Fsp3) is 0.615. The molecule has 0 atom stereocenters. The third-order valence-corrected chi connectivity index (χ3v) is 4.63. The Bertz CT molecular complexity index is 388. The molecule has 0 aromatic carbocycles. The van der Waals surface area contributed by atoms with Gasteiger partial charge in [0.15, 0.2) is 0 Å². The van der Waals surface area contributed by atoms with Crippen LogP contribution in [0.1, 0.15) is 42.5 Å². The summed E-state index contributed by atoms with van der Waals surface area (Å²) < 4.78 is 6.73. The van der Waals surface area contributed by atoms with Crippen molar-refractivity contribution < 1.29 is 9.53 Å². The fourth-order valence-electron chi connectivity index (χ4n) is 2.15. The van der Waals surface area contributed by atoms with Gasteiger partial charge >= 0.3 is 0 Å². The molecular weight excluding hydrogens is 314 g/mol. The number of nitrogens with one attached hydrogen (secondary N) is 1. The first-order valence-electron chi connectivity index (χ1n) is 6.39. The minimum atomic E-state index is -0.0239. The van der Waals surface area contributed by atoms with Crippen LogP contribution in [0.4, 0.5) is 0 Å². The molecule has 0 saturated heterocycles. The van der Waals surface area contributed by atoms with Crippen LogP contribution >= 0.6 is 27.3 Å². The molecule has 2 rings (SSSR count). The highest BCUT2D eigenvalue weighted by Crippen LogP contribution is 2.21. The third-order valence-electron chi connectivity index (χ3n) is 3.12. The van der Waals surface area contributed by atoms with Gasteiger partial charge < -0.3 is 10.1 Å². The molecule has 3 nitrogen and oxygen atoms in total. The molecule has 1 N–H and O–H groups in total. The maximum atomic E-state index is 11.7. The molecule has 1 fully saturated rings. The Balaban J connectivity index is 1.61. The molecule has 0 spiro atoms. The molecule has 18 heavy (non-hydrogen) atoms. The van der Waals surface area contributed by atoms with E-state index in [0.717, 1.165) is 3.79 Å². The topological polar surface area (TPSA) is 38.3 Å². The van der Waals surface area contributed by atoms with Crippen LogP contribution < -0.4 is 5.32 Å². The number of hydrogen-bond acceptors (Lipinski definition) is 3. The number of ether oxygens (including phenoxy) is 1. The first kappa shape index (κ1) is 14.0. The van der Waals surface area contributed by atoms with E-state index < -0.39 is 0 Å². The van der Waals surface area contributed by atoms with Crippen molar-refractivity contribution in [3.8, 4) is 0 Å². The monoisotopic (exact) mass is 331 g/mol. The molecule has 100 valence electrons. The van der Waals surface area contributed by atoms with Gasteiger partial charge in [-0.1, -0.05) is 19.3 Å². The highest BCUT2D eigenvalue weighted by atomic mass is 79.9. The van der Waals surface area contributed by atoms with Crippen LogP contribution in [-0.4, -0.2) is 25.2 Å². The molecule has 1 amide bonds. The van der Waals surface area contributed by atoms with Gasteiger partial charge in [0.25, 0.3) is 5.91 Å². The maximum Gasteiger partial charge on any atom is 0.252 e. The van der Waals surface area contributed by atoms with E-state index in [1.165, 1.54) is 43.4 Å². The van der Waals surface area contributed by atoms with E-state index in [4.69, 9.17) is 4.74 Å². The zero-order chi connectivity index (χ0) is 12.8. The van der Waals surface area contributed by atoms with Crippen molar-refractivity contribution in [1.29, 1.82) is 0 Å². The molecule has 1 aliphatic carbocycles. The van der Waals surface area contributed by atoms with Gasteiger partial charge in [0, 0.05) is 11.9 Å². The van der Waals surface area contributed by atoms with Gasteiger partial charge in [-0.2, -0.15) is 0 Å². The average molecular weight is 332 g/mol. The van der Waals surface area contributed by atoms with Crippen molar-refractivity contribution in [3.05, 3.63) is 20.8 Å². The quantitative estimate of drug-likeness (QED) is 0.837. The van der Waals surface area contributed by atoms with E-state index in [0.29, 0.717) is 24.8 Å². The number of carbonyl (C=O) groups is 1. The fourth-order valence-corrected chi connectivity index (χ4v) is 3.29. The summed E-state index contributed by atoms with van der Waals surface area (Å²) >= 11 is 4.87. The zero-order valence-electron chi connectivity index (χ0n) is 10.3. The van der Waals surface area contributed by atoms with Gasteiger partial charge in [0.2, 0.25) is 0 Å². The third kappa shape index (κ3) is 4.37. The zero-order valence-corrected chi connectivity index (χ0v) is 12.7. The van der Waals surface area contributed by atoms with E-state index in [2.05, 4.69) is 21.2 Å². The molecule has 1 heterocycles. The second kappa shape index (κ2) is 7.26. The van der Waals surface area contributed by atoms with Crippen LogP contribution in [0.2, 0.25) is 0 Å². The highest BCUT2D eigenvalue weighted by molar-refractivity contribution is 9.11. The van der Waals surface area contributed by atoms with Crippen molar-refractivity contribution in [1.82, 2.24) is 5.32 Å². The molecule has 0 bridgehead atoms. The molecule has 0 unspecified atom stereocenters. The Morgan fingerprint density at radius 1 is 1.44 bits per heavy atom. The van der Waals surface area contributed by atoms with Crippen LogP contribution in [0, 0.1) is 0 Å². The Hall–Kier alpha value is -0.390. The van der Waals surface area contributed by atoms with Crippen LogP contribution in [0.25, 0.3) is 0 Å². The smallest absolute Gasteiger partial charge is 0.252 e. The molecule has 1 aromatic heterocycles. The van der Waals surface area contributed by atoms with E-state index in [-0.39, 0.29) is 5.91 Å². The van der Waals surface area contributed by atoms with E-state index in [1.807, 2.05) is 11.4 Å². The van der Waals surface area contributed by atoms with Crippen molar-refractivity contribution >= 4 is 33.2 Å². The number of halogens is 1.